The molecule has 2 nitrogen and oxygen atoms in total. The maximum atomic E-state index is 5.77. The van der Waals surface area contributed by atoms with Crippen molar-refractivity contribution in [3.05, 3.63) is 70.3 Å². The van der Waals surface area contributed by atoms with Crippen LogP contribution in [0.15, 0.2) is 42.5 Å². The summed E-state index contributed by atoms with van der Waals surface area (Å²) >= 11 is 0. The number of hydrogen-bond acceptors (Lipinski definition) is 2. The van der Waals surface area contributed by atoms with E-state index in [-0.39, 0.29) is 6.04 Å². The molecule has 0 spiro atoms. The van der Waals surface area contributed by atoms with Gasteiger partial charge in [0.15, 0.2) is 0 Å². The molecule has 2 rings (SSSR count). The zero-order chi connectivity index (χ0) is 14.7. The lowest BCUT2D eigenvalue weighted by Crippen LogP contribution is -2.22. The Morgan fingerprint density at radius 2 is 1.80 bits per heavy atom. The first-order valence-electron chi connectivity index (χ1n) is 7.05. The van der Waals surface area contributed by atoms with Crippen molar-refractivity contribution in [1.82, 2.24) is 4.90 Å². The summed E-state index contributed by atoms with van der Waals surface area (Å²) in [5.74, 6) is 0. The molecular weight excluding hydrogens is 244 g/mol. The van der Waals surface area contributed by atoms with E-state index in [0.29, 0.717) is 6.54 Å². The van der Waals surface area contributed by atoms with Gasteiger partial charge < -0.3 is 5.73 Å². The molecule has 0 saturated carbocycles. The van der Waals surface area contributed by atoms with Crippen LogP contribution in [0.5, 0.6) is 0 Å². The fraction of sp³-hybridized carbons (Fsp3) is 0.333. The molecule has 0 aliphatic heterocycles. The predicted octanol–water partition coefficient (Wildman–Crippen LogP) is 3.41. The van der Waals surface area contributed by atoms with Crippen molar-refractivity contribution in [2.24, 2.45) is 5.73 Å². The van der Waals surface area contributed by atoms with Gasteiger partial charge >= 0.3 is 0 Å². The molecule has 1 unspecified atom stereocenters. The minimum atomic E-state index is 0.266. The van der Waals surface area contributed by atoms with E-state index in [1.165, 1.54) is 27.8 Å². The second-order valence-electron chi connectivity index (χ2n) is 5.68. The van der Waals surface area contributed by atoms with Gasteiger partial charge in [0.05, 0.1) is 6.04 Å². The highest BCUT2D eigenvalue weighted by Crippen LogP contribution is 2.30. The van der Waals surface area contributed by atoms with Gasteiger partial charge in [-0.2, -0.15) is 0 Å². The van der Waals surface area contributed by atoms with Crippen LogP contribution >= 0.6 is 0 Å². The van der Waals surface area contributed by atoms with Crippen molar-refractivity contribution in [3.63, 3.8) is 0 Å². The number of benzene rings is 2. The molecule has 0 saturated heterocycles. The van der Waals surface area contributed by atoms with Gasteiger partial charge in [-0.05, 0) is 50.2 Å². The summed E-state index contributed by atoms with van der Waals surface area (Å²) in [4.78, 5) is 2.26. The summed E-state index contributed by atoms with van der Waals surface area (Å²) in [6.45, 7) is 4.91. The van der Waals surface area contributed by atoms with E-state index in [1.807, 2.05) is 0 Å². The molecule has 0 heterocycles. The fourth-order valence-corrected chi connectivity index (χ4v) is 2.78. The summed E-state index contributed by atoms with van der Waals surface area (Å²) in [5.41, 5.74) is 12.2. The van der Waals surface area contributed by atoms with E-state index in [4.69, 9.17) is 5.73 Å². The first-order chi connectivity index (χ1) is 9.52. The lowest BCUT2D eigenvalue weighted by Gasteiger charge is -2.27. The fourth-order valence-electron chi connectivity index (χ4n) is 2.78. The van der Waals surface area contributed by atoms with Gasteiger partial charge in [0, 0.05) is 6.54 Å². The third-order valence-corrected chi connectivity index (χ3v) is 3.74. The zero-order valence-electron chi connectivity index (χ0n) is 12.9. The lowest BCUT2D eigenvalue weighted by atomic mass is 9.92. The summed E-state index contributed by atoms with van der Waals surface area (Å²) in [6.07, 6.45) is 0. The molecule has 20 heavy (non-hydrogen) atoms. The molecule has 1 atom stereocenters. The first-order valence-corrected chi connectivity index (χ1v) is 7.05. The smallest absolute Gasteiger partial charge is 0.0599 e. The van der Waals surface area contributed by atoms with E-state index < -0.39 is 0 Å². The van der Waals surface area contributed by atoms with Crippen molar-refractivity contribution in [2.45, 2.75) is 26.4 Å². The maximum absolute atomic E-state index is 5.77. The normalized spacial score (nSPS) is 12.7. The van der Waals surface area contributed by atoms with Crippen molar-refractivity contribution in [1.29, 1.82) is 0 Å². The highest BCUT2D eigenvalue weighted by atomic mass is 15.1. The summed E-state index contributed by atoms with van der Waals surface area (Å²) < 4.78 is 0. The predicted molar refractivity (Wildman–Crippen MR) is 85.8 cm³/mol. The number of nitrogens with two attached hydrogens (primary N) is 1. The van der Waals surface area contributed by atoms with Crippen LogP contribution in [0.3, 0.4) is 0 Å². The molecule has 0 aliphatic rings. The minimum absolute atomic E-state index is 0.266. The van der Waals surface area contributed by atoms with Gasteiger partial charge in [-0.3, -0.25) is 4.90 Å². The molecule has 0 amide bonds. The molecule has 106 valence electrons. The molecule has 0 fully saturated rings. The Bertz CT molecular complexity index is 588. The summed E-state index contributed by atoms with van der Waals surface area (Å²) in [6, 6.07) is 15.5. The van der Waals surface area contributed by atoms with Crippen LogP contribution in [0.2, 0.25) is 0 Å². The second-order valence-corrected chi connectivity index (χ2v) is 5.68. The molecule has 2 aromatic carbocycles. The van der Waals surface area contributed by atoms with E-state index in [0.717, 1.165) is 0 Å². The van der Waals surface area contributed by atoms with Crippen LogP contribution in [0, 0.1) is 13.8 Å². The lowest BCUT2D eigenvalue weighted by molar-refractivity contribution is 0.341. The number of nitrogens with zero attached hydrogens (tertiary/aromatic N) is 1. The van der Waals surface area contributed by atoms with Crippen molar-refractivity contribution in [2.75, 3.05) is 14.1 Å². The minimum Gasteiger partial charge on any atom is -0.326 e. The molecule has 2 aromatic rings. The van der Waals surface area contributed by atoms with E-state index in [1.54, 1.807) is 0 Å². The number of aryl methyl sites for hydroxylation is 2. The van der Waals surface area contributed by atoms with E-state index in [2.05, 4.69) is 75.3 Å². The van der Waals surface area contributed by atoms with Crippen molar-refractivity contribution in [3.8, 4) is 0 Å². The highest BCUT2D eigenvalue weighted by Gasteiger charge is 2.18. The molecule has 0 radical (unpaired) electrons. The van der Waals surface area contributed by atoms with Crippen LogP contribution in [0.1, 0.15) is 33.9 Å². The van der Waals surface area contributed by atoms with Crippen LogP contribution in [-0.4, -0.2) is 19.0 Å². The molecular formula is C18H24N2. The zero-order valence-corrected chi connectivity index (χ0v) is 12.9. The van der Waals surface area contributed by atoms with Gasteiger partial charge in [-0.15, -0.1) is 0 Å². The van der Waals surface area contributed by atoms with Crippen LogP contribution in [-0.2, 0) is 6.54 Å². The molecule has 0 bridgehead atoms. The molecule has 0 aromatic heterocycles. The number of hydrogen-bond donors (Lipinski definition) is 1. The Balaban J connectivity index is 2.50. The third kappa shape index (κ3) is 3.09. The van der Waals surface area contributed by atoms with Gasteiger partial charge in [0.25, 0.3) is 0 Å². The topological polar surface area (TPSA) is 29.3 Å². The van der Waals surface area contributed by atoms with Crippen LogP contribution in [0.25, 0.3) is 0 Å². The van der Waals surface area contributed by atoms with E-state index >= 15 is 0 Å². The molecule has 0 aliphatic carbocycles. The molecule has 2 heteroatoms. The van der Waals surface area contributed by atoms with Gasteiger partial charge in [-0.1, -0.05) is 48.0 Å². The van der Waals surface area contributed by atoms with Crippen LogP contribution in [0.4, 0.5) is 0 Å². The Labute approximate surface area is 122 Å². The standard InChI is InChI=1S/C18H24N2/c1-13-8-9-17(14(2)10-13)18(20(3)4)16-7-5-6-15(11-16)12-19/h5-11,18H,12,19H2,1-4H3. The Hall–Kier alpha value is -1.64. The second kappa shape index (κ2) is 6.21. The third-order valence-electron chi connectivity index (χ3n) is 3.74. The van der Waals surface area contributed by atoms with Gasteiger partial charge in [-0.25, -0.2) is 0 Å². The van der Waals surface area contributed by atoms with Crippen molar-refractivity contribution < 1.29 is 0 Å². The SMILES string of the molecule is Cc1ccc(C(c2cccc(CN)c2)N(C)C)c(C)c1. The number of rotatable bonds is 4. The maximum Gasteiger partial charge on any atom is 0.0599 e. The Morgan fingerprint density at radius 1 is 1.05 bits per heavy atom. The first kappa shape index (κ1) is 14.8. The average molecular weight is 268 g/mol. The van der Waals surface area contributed by atoms with Crippen LogP contribution < -0.4 is 5.73 Å². The highest BCUT2D eigenvalue weighted by molar-refractivity contribution is 5.40. The largest absolute Gasteiger partial charge is 0.326 e. The summed E-state index contributed by atoms with van der Waals surface area (Å²) in [7, 11) is 4.25. The quantitative estimate of drug-likeness (QED) is 0.920. The average Bonchev–Trinajstić information content (AvgIpc) is 2.41. The van der Waals surface area contributed by atoms with Gasteiger partial charge in [0.1, 0.15) is 0 Å². The van der Waals surface area contributed by atoms with Crippen molar-refractivity contribution >= 4 is 0 Å². The Kier molecular flexibility index (Phi) is 4.58. The molecule has 2 N–H and O–H groups in total. The Morgan fingerprint density at radius 3 is 2.40 bits per heavy atom. The van der Waals surface area contributed by atoms with Gasteiger partial charge in [0.2, 0.25) is 0 Å². The monoisotopic (exact) mass is 268 g/mol. The van der Waals surface area contributed by atoms with E-state index in [9.17, 15) is 0 Å². The summed E-state index contributed by atoms with van der Waals surface area (Å²) in [5, 5.41) is 0.